The molecule has 0 amide bonds. The molecule has 0 spiro atoms. The second-order valence-corrected chi connectivity index (χ2v) is 6.97. The molecule has 104 valence electrons. The van der Waals surface area contributed by atoms with Crippen LogP contribution in [0.5, 0.6) is 0 Å². The summed E-state index contributed by atoms with van der Waals surface area (Å²) in [5.41, 5.74) is 5.01. The third-order valence-electron chi connectivity index (χ3n) is 5.68. The van der Waals surface area contributed by atoms with Gasteiger partial charge in [0.2, 0.25) is 0 Å². The minimum absolute atomic E-state index is 0.177. The summed E-state index contributed by atoms with van der Waals surface area (Å²) in [6.07, 6.45) is 0. The van der Waals surface area contributed by atoms with Crippen molar-refractivity contribution in [2.75, 3.05) is 0 Å². The Bertz CT molecular complexity index is 525. The highest BCUT2D eigenvalue weighted by molar-refractivity contribution is 5.95. The van der Waals surface area contributed by atoms with Gasteiger partial charge in [0, 0.05) is 5.56 Å². The van der Waals surface area contributed by atoms with Gasteiger partial charge in [0.1, 0.15) is 0 Å². The molecule has 0 saturated carbocycles. The molecule has 0 aromatic heterocycles. The third-order valence-corrected chi connectivity index (χ3v) is 5.68. The topological polar surface area (TPSA) is 17.1 Å². The van der Waals surface area contributed by atoms with Crippen LogP contribution in [0.15, 0.2) is 12.1 Å². The average Bonchev–Trinajstić information content (AvgIpc) is 2.33. The van der Waals surface area contributed by atoms with Crippen LogP contribution in [-0.2, 0) is 5.41 Å². The number of hydrogen-bond acceptors (Lipinski definition) is 1. The quantitative estimate of drug-likeness (QED) is 0.657. The lowest BCUT2D eigenvalue weighted by Gasteiger charge is -2.46. The molecule has 0 aliphatic heterocycles. The van der Waals surface area contributed by atoms with Gasteiger partial charge in [0.25, 0.3) is 0 Å². The SMILES string of the molecule is CC(=O)c1cc2c(cc1C)C(C)(C)C(C)C(C)C2C. The lowest BCUT2D eigenvalue weighted by molar-refractivity contribution is 0.101. The molecule has 0 saturated heterocycles. The first-order valence-electron chi connectivity index (χ1n) is 7.33. The van der Waals surface area contributed by atoms with Gasteiger partial charge in [-0.2, -0.15) is 0 Å². The van der Waals surface area contributed by atoms with Gasteiger partial charge in [0.15, 0.2) is 5.78 Å². The zero-order valence-electron chi connectivity index (χ0n) is 13.3. The normalized spacial score (nSPS) is 28.9. The number of ketones is 1. The van der Waals surface area contributed by atoms with Crippen LogP contribution in [0, 0.1) is 18.8 Å². The fourth-order valence-corrected chi connectivity index (χ4v) is 3.66. The number of rotatable bonds is 1. The summed E-state index contributed by atoms with van der Waals surface area (Å²) in [6.45, 7) is 15.4. The fraction of sp³-hybridized carbons (Fsp3) is 0.611. The van der Waals surface area contributed by atoms with Gasteiger partial charge in [-0.3, -0.25) is 4.79 Å². The molecule has 1 aromatic rings. The molecule has 19 heavy (non-hydrogen) atoms. The number of fused-ring (bicyclic) bond motifs is 1. The van der Waals surface area contributed by atoms with E-state index in [1.807, 2.05) is 0 Å². The first-order chi connectivity index (χ1) is 8.67. The molecule has 0 fully saturated rings. The lowest BCUT2D eigenvalue weighted by Crippen LogP contribution is -2.39. The van der Waals surface area contributed by atoms with Gasteiger partial charge in [-0.25, -0.2) is 0 Å². The molecular formula is C18H26O. The molecule has 0 heterocycles. The van der Waals surface area contributed by atoms with Gasteiger partial charge in [-0.15, -0.1) is 0 Å². The second kappa shape index (κ2) is 4.47. The Morgan fingerprint density at radius 2 is 1.74 bits per heavy atom. The monoisotopic (exact) mass is 258 g/mol. The Balaban J connectivity index is 2.71. The van der Waals surface area contributed by atoms with Gasteiger partial charge in [-0.05, 0) is 59.8 Å². The van der Waals surface area contributed by atoms with Gasteiger partial charge in [-0.1, -0.05) is 40.7 Å². The number of carbonyl (C=O) groups excluding carboxylic acids is 1. The predicted octanol–water partition coefficient (Wildman–Crippen LogP) is 4.86. The molecule has 1 aliphatic rings. The summed E-state index contributed by atoms with van der Waals surface area (Å²) in [4.78, 5) is 11.8. The number of benzene rings is 1. The summed E-state index contributed by atoms with van der Waals surface area (Å²) in [6, 6.07) is 4.41. The molecule has 0 N–H and O–H groups in total. The maximum absolute atomic E-state index is 11.8. The lowest BCUT2D eigenvalue weighted by atomic mass is 9.58. The van der Waals surface area contributed by atoms with Crippen molar-refractivity contribution in [3.63, 3.8) is 0 Å². The summed E-state index contributed by atoms with van der Waals surface area (Å²) in [5, 5.41) is 0. The number of aryl methyl sites for hydroxylation is 1. The molecule has 3 unspecified atom stereocenters. The van der Waals surface area contributed by atoms with Gasteiger partial charge < -0.3 is 0 Å². The smallest absolute Gasteiger partial charge is 0.160 e. The largest absolute Gasteiger partial charge is 0.295 e. The highest BCUT2D eigenvalue weighted by atomic mass is 16.1. The van der Waals surface area contributed by atoms with E-state index < -0.39 is 0 Å². The van der Waals surface area contributed by atoms with Crippen LogP contribution in [0.1, 0.15) is 74.5 Å². The van der Waals surface area contributed by atoms with Crippen LogP contribution in [0.3, 0.4) is 0 Å². The minimum atomic E-state index is 0.177. The summed E-state index contributed by atoms with van der Waals surface area (Å²) in [7, 11) is 0. The van der Waals surface area contributed by atoms with Crippen LogP contribution in [-0.4, -0.2) is 5.78 Å². The number of Topliss-reactive ketones (excluding diaryl/α,β-unsaturated/α-hetero) is 1. The van der Waals surface area contributed by atoms with E-state index in [0.29, 0.717) is 17.8 Å². The molecule has 0 bridgehead atoms. The van der Waals surface area contributed by atoms with E-state index in [1.54, 1.807) is 6.92 Å². The van der Waals surface area contributed by atoms with Crippen LogP contribution < -0.4 is 0 Å². The Labute approximate surface area is 117 Å². The molecular weight excluding hydrogens is 232 g/mol. The van der Waals surface area contributed by atoms with E-state index in [-0.39, 0.29) is 11.2 Å². The van der Waals surface area contributed by atoms with Crippen LogP contribution in [0.25, 0.3) is 0 Å². The van der Waals surface area contributed by atoms with Crippen molar-refractivity contribution in [1.29, 1.82) is 0 Å². The fourth-order valence-electron chi connectivity index (χ4n) is 3.66. The Morgan fingerprint density at radius 3 is 2.26 bits per heavy atom. The average molecular weight is 258 g/mol. The van der Waals surface area contributed by atoms with Gasteiger partial charge >= 0.3 is 0 Å². The zero-order valence-corrected chi connectivity index (χ0v) is 13.3. The van der Waals surface area contributed by atoms with E-state index in [0.717, 1.165) is 11.1 Å². The van der Waals surface area contributed by atoms with Crippen LogP contribution >= 0.6 is 0 Å². The first kappa shape index (κ1) is 14.3. The molecule has 1 aliphatic carbocycles. The van der Waals surface area contributed by atoms with Crippen molar-refractivity contribution >= 4 is 5.78 Å². The maximum Gasteiger partial charge on any atom is 0.160 e. The minimum Gasteiger partial charge on any atom is -0.295 e. The van der Waals surface area contributed by atoms with Crippen molar-refractivity contribution in [2.24, 2.45) is 11.8 Å². The molecule has 3 atom stereocenters. The third kappa shape index (κ3) is 2.04. The molecule has 1 nitrogen and oxygen atoms in total. The molecule has 2 rings (SSSR count). The maximum atomic E-state index is 11.8. The first-order valence-corrected chi connectivity index (χ1v) is 7.33. The molecule has 1 heteroatoms. The standard InChI is InChI=1S/C18H26O/c1-10-8-17-16(9-15(10)14(5)19)12(3)11(2)13(4)18(17,6)7/h8-9,11-13H,1-7H3. The summed E-state index contributed by atoms with van der Waals surface area (Å²) >= 11 is 0. The van der Waals surface area contributed by atoms with E-state index in [4.69, 9.17) is 0 Å². The van der Waals surface area contributed by atoms with Crippen LogP contribution in [0.4, 0.5) is 0 Å². The van der Waals surface area contributed by atoms with E-state index >= 15 is 0 Å². The zero-order chi connectivity index (χ0) is 14.5. The summed E-state index contributed by atoms with van der Waals surface area (Å²) < 4.78 is 0. The van der Waals surface area contributed by atoms with Crippen molar-refractivity contribution in [1.82, 2.24) is 0 Å². The van der Waals surface area contributed by atoms with Crippen molar-refractivity contribution in [2.45, 2.75) is 59.8 Å². The predicted molar refractivity (Wildman–Crippen MR) is 81.0 cm³/mol. The Morgan fingerprint density at radius 1 is 1.16 bits per heavy atom. The highest BCUT2D eigenvalue weighted by Gasteiger charge is 2.41. The van der Waals surface area contributed by atoms with E-state index in [1.165, 1.54) is 11.1 Å². The second-order valence-electron chi connectivity index (χ2n) is 6.97. The van der Waals surface area contributed by atoms with Crippen molar-refractivity contribution < 1.29 is 4.79 Å². The van der Waals surface area contributed by atoms with E-state index in [9.17, 15) is 4.79 Å². The molecule has 1 aromatic carbocycles. The highest BCUT2D eigenvalue weighted by Crippen LogP contribution is 2.49. The number of hydrogen-bond donors (Lipinski definition) is 0. The Kier molecular flexibility index (Phi) is 3.36. The van der Waals surface area contributed by atoms with Crippen LogP contribution in [0.2, 0.25) is 0 Å². The summed E-state index contributed by atoms with van der Waals surface area (Å²) in [5.74, 6) is 2.00. The molecule has 0 radical (unpaired) electrons. The van der Waals surface area contributed by atoms with Gasteiger partial charge in [0.05, 0.1) is 0 Å². The van der Waals surface area contributed by atoms with Crippen molar-refractivity contribution in [3.05, 3.63) is 34.4 Å². The van der Waals surface area contributed by atoms with Crippen molar-refractivity contribution in [3.8, 4) is 0 Å². The number of carbonyl (C=O) groups is 1. The van der Waals surface area contributed by atoms with E-state index in [2.05, 4.69) is 53.7 Å². The Hall–Kier alpha value is -1.11.